The van der Waals surface area contributed by atoms with Crippen LogP contribution in [-0.4, -0.2) is 30.6 Å². The van der Waals surface area contributed by atoms with Crippen LogP contribution in [-0.2, 0) is 0 Å². The van der Waals surface area contributed by atoms with Crippen LogP contribution in [0.3, 0.4) is 0 Å². The minimum Gasteiger partial charge on any atom is -0.326 e. The molecule has 1 heterocycles. The molecule has 2 unspecified atom stereocenters. The van der Waals surface area contributed by atoms with Gasteiger partial charge in [-0.3, -0.25) is 0 Å². The van der Waals surface area contributed by atoms with E-state index < -0.39 is 0 Å². The first-order chi connectivity index (χ1) is 7.10. The Hall–Kier alpha value is -0.0800. The average Bonchev–Trinajstić information content (AvgIpc) is 2.49. The standard InChI is InChI=1S/C14H30N2/c1-13(2,3)11-7-8-16(9-11)10-12(15)14(4,5)6/h11-12H,7-10,15H2,1-6H3. The fourth-order valence-corrected chi connectivity index (χ4v) is 2.26. The van der Waals surface area contributed by atoms with Crippen LogP contribution in [0.25, 0.3) is 0 Å². The topological polar surface area (TPSA) is 29.3 Å². The lowest BCUT2D eigenvalue weighted by Gasteiger charge is -2.32. The number of nitrogens with two attached hydrogens (primary N) is 1. The summed E-state index contributed by atoms with van der Waals surface area (Å²) >= 11 is 0. The van der Waals surface area contributed by atoms with E-state index in [1.807, 2.05) is 0 Å². The van der Waals surface area contributed by atoms with Gasteiger partial charge in [-0.1, -0.05) is 41.5 Å². The summed E-state index contributed by atoms with van der Waals surface area (Å²) in [6.45, 7) is 17.3. The van der Waals surface area contributed by atoms with Crippen LogP contribution < -0.4 is 5.73 Å². The third-order valence-corrected chi connectivity index (χ3v) is 4.06. The highest BCUT2D eigenvalue weighted by Gasteiger charge is 2.33. The summed E-state index contributed by atoms with van der Waals surface area (Å²) in [6, 6.07) is 0.284. The Morgan fingerprint density at radius 3 is 2.12 bits per heavy atom. The molecule has 2 N–H and O–H groups in total. The predicted molar refractivity (Wildman–Crippen MR) is 71.4 cm³/mol. The Bertz CT molecular complexity index is 222. The molecule has 0 aromatic heterocycles. The van der Waals surface area contributed by atoms with Gasteiger partial charge >= 0.3 is 0 Å². The van der Waals surface area contributed by atoms with Crippen LogP contribution in [0.15, 0.2) is 0 Å². The van der Waals surface area contributed by atoms with Gasteiger partial charge < -0.3 is 10.6 Å². The molecule has 0 aromatic carbocycles. The molecule has 0 bridgehead atoms. The van der Waals surface area contributed by atoms with Crippen molar-refractivity contribution in [1.29, 1.82) is 0 Å². The lowest BCUT2D eigenvalue weighted by Crippen LogP contribution is -2.45. The summed E-state index contributed by atoms with van der Waals surface area (Å²) in [6.07, 6.45) is 1.33. The lowest BCUT2D eigenvalue weighted by molar-refractivity contribution is 0.196. The van der Waals surface area contributed by atoms with Crippen LogP contribution >= 0.6 is 0 Å². The number of hydrogen-bond donors (Lipinski definition) is 1. The van der Waals surface area contributed by atoms with Gasteiger partial charge in [0.1, 0.15) is 0 Å². The van der Waals surface area contributed by atoms with Crippen LogP contribution in [0.1, 0.15) is 48.0 Å². The molecule has 2 atom stereocenters. The lowest BCUT2D eigenvalue weighted by atomic mass is 9.80. The Labute approximate surface area is 102 Å². The van der Waals surface area contributed by atoms with Crippen molar-refractivity contribution in [2.75, 3.05) is 19.6 Å². The summed E-state index contributed by atoms with van der Waals surface area (Å²) in [7, 11) is 0. The first kappa shape index (κ1) is 14.0. The van der Waals surface area contributed by atoms with E-state index in [1.54, 1.807) is 0 Å². The maximum absolute atomic E-state index is 6.24. The van der Waals surface area contributed by atoms with E-state index in [0.717, 1.165) is 12.5 Å². The van der Waals surface area contributed by atoms with Crippen molar-refractivity contribution in [3.8, 4) is 0 Å². The number of likely N-dealkylation sites (tertiary alicyclic amines) is 1. The predicted octanol–water partition coefficient (Wildman–Crippen LogP) is 2.73. The van der Waals surface area contributed by atoms with E-state index in [1.165, 1.54) is 19.5 Å². The quantitative estimate of drug-likeness (QED) is 0.784. The highest BCUT2D eigenvalue weighted by Crippen LogP contribution is 2.34. The van der Waals surface area contributed by atoms with Gasteiger partial charge in [0, 0.05) is 19.1 Å². The molecule has 1 rings (SSSR count). The highest BCUT2D eigenvalue weighted by molar-refractivity contribution is 4.87. The zero-order valence-corrected chi connectivity index (χ0v) is 12.0. The second-order valence-electron chi connectivity index (χ2n) is 7.58. The summed E-state index contributed by atoms with van der Waals surface area (Å²) in [5.74, 6) is 0.833. The van der Waals surface area contributed by atoms with Crippen molar-refractivity contribution in [1.82, 2.24) is 4.90 Å². The van der Waals surface area contributed by atoms with Crippen LogP contribution in [0.2, 0.25) is 0 Å². The molecule has 96 valence electrons. The average molecular weight is 226 g/mol. The summed E-state index contributed by atoms with van der Waals surface area (Å²) in [5.41, 5.74) is 6.91. The largest absolute Gasteiger partial charge is 0.326 e. The van der Waals surface area contributed by atoms with Gasteiger partial charge in [0.2, 0.25) is 0 Å². The minimum absolute atomic E-state index is 0.222. The molecule has 1 aliphatic rings. The molecule has 1 aliphatic heterocycles. The molecule has 2 heteroatoms. The third kappa shape index (κ3) is 3.74. The molecule has 0 spiro atoms. The zero-order chi connectivity index (χ0) is 12.6. The Morgan fingerprint density at radius 2 is 1.75 bits per heavy atom. The molecule has 16 heavy (non-hydrogen) atoms. The summed E-state index contributed by atoms with van der Waals surface area (Å²) in [5, 5.41) is 0. The van der Waals surface area contributed by atoms with Crippen LogP contribution in [0, 0.1) is 16.7 Å². The van der Waals surface area contributed by atoms with Crippen LogP contribution in [0.5, 0.6) is 0 Å². The van der Waals surface area contributed by atoms with Gasteiger partial charge in [0.25, 0.3) is 0 Å². The number of rotatable bonds is 2. The second kappa shape index (κ2) is 4.66. The highest BCUT2D eigenvalue weighted by atomic mass is 15.2. The van der Waals surface area contributed by atoms with Gasteiger partial charge in [-0.2, -0.15) is 0 Å². The van der Waals surface area contributed by atoms with Crippen LogP contribution in [0.4, 0.5) is 0 Å². The van der Waals surface area contributed by atoms with Gasteiger partial charge in [-0.25, -0.2) is 0 Å². The molecule has 0 aromatic rings. The third-order valence-electron chi connectivity index (χ3n) is 4.06. The number of hydrogen-bond acceptors (Lipinski definition) is 2. The summed E-state index contributed by atoms with van der Waals surface area (Å²) < 4.78 is 0. The molecule has 2 nitrogen and oxygen atoms in total. The van der Waals surface area contributed by atoms with Gasteiger partial charge in [-0.15, -0.1) is 0 Å². The minimum atomic E-state index is 0.222. The van der Waals surface area contributed by atoms with Crippen molar-refractivity contribution in [2.45, 2.75) is 54.0 Å². The molecular weight excluding hydrogens is 196 g/mol. The molecular formula is C14H30N2. The van der Waals surface area contributed by atoms with E-state index in [9.17, 15) is 0 Å². The fourth-order valence-electron chi connectivity index (χ4n) is 2.26. The molecule has 0 radical (unpaired) electrons. The molecule has 0 saturated carbocycles. The first-order valence-corrected chi connectivity index (χ1v) is 6.58. The number of nitrogens with zero attached hydrogens (tertiary/aromatic N) is 1. The molecule has 1 fully saturated rings. The Balaban J connectivity index is 2.43. The molecule has 0 aliphatic carbocycles. The smallest absolute Gasteiger partial charge is 0.0217 e. The Kier molecular flexibility index (Phi) is 4.07. The van der Waals surface area contributed by atoms with E-state index >= 15 is 0 Å². The van der Waals surface area contributed by atoms with Crippen molar-refractivity contribution in [3.05, 3.63) is 0 Å². The zero-order valence-electron chi connectivity index (χ0n) is 12.0. The van der Waals surface area contributed by atoms with E-state index in [0.29, 0.717) is 5.41 Å². The maximum Gasteiger partial charge on any atom is 0.0217 e. The van der Waals surface area contributed by atoms with Crippen molar-refractivity contribution in [3.63, 3.8) is 0 Å². The first-order valence-electron chi connectivity index (χ1n) is 6.58. The van der Waals surface area contributed by atoms with Crippen molar-refractivity contribution in [2.24, 2.45) is 22.5 Å². The van der Waals surface area contributed by atoms with Crippen molar-refractivity contribution < 1.29 is 0 Å². The van der Waals surface area contributed by atoms with E-state index in [-0.39, 0.29) is 11.5 Å². The SMILES string of the molecule is CC(C)(C)C(N)CN1CCC(C(C)(C)C)C1. The summed E-state index contributed by atoms with van der Waals surface area (Å²) in [4.78, 5) is 2.55. The van der Waals surface area contributed by atoms with E-state index in [2.05, 4.69) is 46.4 Å². The van der Waals surface area contributed by atoms with Crippen molar-refractivity contribution >= 4 is 0 Å². The monoisotopic (exact) mass is 226 g/mol. The Morgan fingerprint density at radius 1 is 1.19 bits per heavy atom. The fraction of sp³-hybridized carbons (Fsp3) is 1.00. The maximum atomic E-state index is 6.24. The normalized spacial score (nSPS) is 26.1. The van der Waals surface area contributed by atoms with Gasteiger partial charge in [0.05, 0.1) is 0 Å². The second-order valence-corrected chi connectivity index (χ2v) is 7.58. The molecule has 0 amide bonds. The van der Waals surface area contributed by atoms with E-state index in [4.69, 9.17) is 5.73 Å². The molecule has 1 saturated heterocycles. The van der Waals surface area contributed by atoms with Gasteiger partial charge in [-0.05, 0) is 29.7 Å². The van der Waals surface area contributed by atoms with Gasteiger partial charge in [0.15, 0.2) is 0 Å².